The second-order valence-corrected chi connectivity index (χ2v) is 4.97. The van der Waals surface area contributed by atoms with Gasteiger partial charge < -0.3 is 19.9 Å². The molecule has 1 aromatic carbocycles. The van der Waals surface area contributed by atoms with Crippen LogP contribution in [0.3, 0.4) is 0 Å². The topological polar surface area (TPSA) is 63.6 Å². The number of benzene rings is 1. The van der Waals surface area contributed by atoms with E-state index in [1.807, 2.05) is 36.4 Å². The fraction of sp³-hybridized carbons (Fsp3) is 0.353. The highest BCUT2D eigenvalue weighted by molar-refractivity contribution is 5.32. The van der Waals surface area contributed by atoms with Crippen molar-refractivity contribution >= 4 is 0 Å². The van der Waals surface area contributed by atoms with Gasteiger partial charge in [-0.15, -0.1) is 0 Å². The maximum atomic E-state index is 9.90. The number of nitrogens with zero attached hydrogens (tertiary/aromatic N) is 1. The van der Waals surface area contributed by atoms with Crippen LogP contribution in [-0.4, -0.2) is 36.5 Å². The Morgan fingerprint density at radius 3 is 2.73 bits per heavy atom. The van der Waals surface area contributed by atoms with Crippen LogP contribution in [0.15, 0.2) is 48.8 Å². The van der Waals surface area contributed by atoms with Gasteiger partial charge in [0, 0.05) is 31.0 Å². The molecule has 2 rings (SSSR count). The van der Waals surface area contributed by atoms with Crippen LogP contribution in [0.25, 0.3) is 0 Å². The van der Waals surface area contributed by atoms with Gasteiger partial charge in [-0.2, -0.15) is 0 Å². The minimum Gasteiger partial charge on any atom is -0.496 e. The summed E-state index contributed by atoms with van der Waals surface area (Å²) in [6, 6.07) is 11.6. The van der Waals surface area contributed by atoms with Crippen molar-refractivity contribution in [1.82, 2.24) is 10.3 Å². The van der Waals surface area contributed by atoms with E-state index in [1.54, 1.807) is 19.5 Å². The number of rotatable bonds is 9. The first kappa shape index (κ1) is 16.4. The molecule has 0 bridgehead atoms. The first-order valence-corrected chi connectivity index (χ1v) is 7.27. The lowest BCUT2D eigenvalue weighted by molar-refractivity contribution is 0.0281. The smallest absolute Gasteiger partial charge is 0.124 e. The molecule has 22 heavy (non-hydrogen) atoms. The maximum absolute atomic E-state index is 9.90. The summed E-state index contributed by atoms with van der Waals surface area (Å²) in [6.07, 6.45) is 2.96. The van der Waals surface area contributed by atoms with Gasteiger partial charge in [0.25, 0.3) is 0 Å². The molecule has 0 fully saturated rings. The third-order valence-corrected chi connectivity index (χ3v) is 3.22. The quantitative estimate of drug-likeness (QED) is 0.739. The molecule has 2 aromatic rings. The van der Waals surface area contributed by atoms with E-state index in [0.717, 1.165) is 16.9 Å². The van der Waals surface area contributed by atoms with Gasteiger partial charge >= 0.3 is 0 Å². The van der Waals surface area contributed by atoms with Crippen LogP contribution in [0.2, 0.25) is 0 Å². The highest BCUT2D eigenvalue weighted by Gasteiger charge is 2.06. The minimum absolute atomic E-state index is 0.279. The van der Waals surface area contributed by atoms with Gasteiger partial charge in [0.15, 0.2) is 0 Å². The predicted octanol–water partition coefficient (Wildman–Crippen LogP) is 1.76. The molecule has 0 amide bonds. The molecule has 1 atom stereocenters. The molecule has 5 heteroatoms. The van der Waals surface area contributed by atoms with Crippen LogP contribution in [0.4, 0.5) is 0 Å². The van der Waals surface area contributed by atoms with Gasteiger partial charge in [-0.05, 0) is 23.8 Å². The van der Waals surface area contributed by atoms with Crippen LogP contribution < -0.4 is 10.1 Å². The van der Waals surface area contributed by atoms with Gasteiger partial charge in [-0.25, -0.2) is 0 Å². The van der Waals surface area contributed by atoms with Crippen LogP contribution >= 0.6 is 0 Å². The Balaban J connectivity index is 1.64. The van der Waals surface area contributed by atoms with Gasteiger partial charge in [0.1, 0.15) is 5.75 Å². The van der Waals surface area contributed by atoms with Crippen molar-refractivity contribution in [2.75, 3.05) is 20.3 Å². The summed E-state index contributed by atoms with van der Waals surface area (Å²) in [7, 11) is 1.64. The zero-order valence-electron chi connectivity index (χ0n) is 12.7. The molecule has 0 aliphatic heterocycles. The van der Waals surface area contributed by atoms with E-state index >= 15 is 0 Å². The van der Waals surface area contributed by atoms with Gasteiger partial charge in [-0.3, -0.25) is 4.98 Å². The molecule has 0 aliphatic carbocycles. The second kappa shape index (κ2) is 9.15. The zero-order valence-corrected chi connectivity index (χ0v) is 12.7. The van der Waals surface area contributed by atoms with Crippen molar-refractivity contribution in [3.05, 3.63) is 59.9 Å². The molecule has 0 unspecified atom stereocenters. The Kier molecular flexibility index (Phi) is 6.83. The summed E-state index contributed by atoms with van der Waals surface area (Å²) in [6.45, 7) is 1.88. The number of para-hydroxylation sites is 1. The molecule has 0 saturated heterocycles. The van der Waals surface area contributed by atoms with Crippen LogP contribution in [0.5, 0.6) is 5.75 Å². The minimum atomic E-state index is -0.545. The number of aliphatic hydroxyl groups is 1. The summed E-state index contributed by atoms with van der Waals surface area (Å²) in [5.74, 6) is 0.799. The lowest BCUT2D eigenvalue weighted by Gasteiger charge is -2.13. The van der Waals surface area contributed by atoms with Crippen molar-refractivity contribution in [1.29, 1.82) is 0 Å². The van der Waals surface area contributed by atoms with Crippen molar-refractivity contribution in [3.8, 4) is 5.75 Å². The number of pyridine rings is 1. The molecule has 0 spiro atoms. The summed E-state index contributed by atoms with van der Waals surface area (Å²) in [4.78, 5) is 3.96. The van der Waals surface area contributed by atoms with Gasteiger partial charge in [-0.1, -0.05) is 18.2 Å². The summed E-state index contributed by atoms with van der Waals surface area (Å²) < 4.78 is 10.8. The third kappa shape index (κ3) is 5.44. The number of aliphatic hydroxyl groups excluding tert-OH is 1. The Morgan fingerprint density at radius 1 is 1.18 bits per heavy atom. The van der Waals surface area contributed by atoms with Crippen molar-refractivity contribution in [2.24, 2.45) is 0 Å². The SMILES string of the molecule is COc1ccccc1COC[C@@H](O)CNCc1ccncc1. The average Bonchev–Trinajstić information content (AvgIpc) is 2.56. The summed E-state index contributed by atoms with van der Waals surface area (Å²) >= 11 is 0. The Hall–Kier alpha value is -1.95. The van der Waals surface area contributed by atoms with E-state index in [1.165, 1.54) is 0 Å². The van der Waals surface area contributed by atoms with Crippen molar-refractivity contribution in [2.45, 2.75) is 19.3 Å². The number of hydrogen-bond donors (Lipinski definition) is 2. The highest BCUT2D eigenvalue weighted by Crippen LogP contribution is 2.17. The number of methoxy groups -OCH3 is 1. The Morgan fingerprint density at radius 2 is 1.95 bits per heavy atom. The molecule has 0 aliphatic rings. The molecular formula is C17H22N2O3. The van der Waals surface area contributed by atoms with Crippen LogP contribution in [-0.2, 0) is 17.9 Å². The van der Waals surface area contributed by atoms with E-state index in [4.69, 9.17) is 9.47 Å². The zero-order chi connectivity index (χ0) is 15.6. The largest absolute Gasteiger partial charge is 0.496 e. The van der Waals surface area contributed by atoms with E-state index in [0.29, 0.717) is 19.7 Å². The Labute approximate surface area is 130 Å². The molecular weight excluding hydrogens is 280 g/mol. The van der Waals surface area contributed by atoms with E-state index < -0.39 is 6.10 Å². The van der Waals surface area contributed by atoms with Gasteiger partial charge in [0.2, 0.25) is 0 Å². The highest BCUT2D eigenvalue weighted by atomic mass is 16.5. The predicted molar refractivity (Wildman–Crippen MR) is 84.6 cm³/mol. The maximum Gasteiger partial charge on any atom is 0.124 e. The molecule has 0 saturated carbocycles. The monoisotopic (exact) mass is 302 g/mol. The molecule has 5 nitrogen and oxygen atoms in total. The van der Waals surface area contributed by atoms with Crippen molar-refractivity contribution in [3.63, 3.8) is 0 Å². The number of aromatic nitrogens is 1. The molecule has 1 heterocycles. The van der Waals surface area contributed by atoms with Gasteiger partial charge in [0.05, 0.1) is 26.4 Å². The first-order chi connectivity index (χ1) is 10.8. The lowest BCUT2D eigenvalue weighted by Crippen LogP contribution is -2.30. The van der Waals surface area contributed by atoms with Crippen LogP contribution in [0.1, 0.15) is 11.1 Å². The molecule has 1 aromatic heterocycles. The van der Waals surface area contributed by atoms with E-state index in [-0.39, 0.29) is 6.61 Å². The molecule has 118 valence electrons. The van der Waals surface area contributed by atoms with Crippen LogP contribution in [0, 0.1) is 0 Å². The summed E-state index contributed by atoms with van der Waals surface area (Å²) in [5.41, 5.74) is 2.11. The van der Waals surface area contributed by atoms with E-state index in [2.05, 4.69) is 10.3 Å². The van der Waals surface area contributed by atoms with Crippen molar-refractivity contribution < 1.29 is 14.6 Å². The fourth-order valence-electron chi connectivity index (χ4n) is 2.07. The molecule has 0 radical (unpaired) electrons. The third-order valence-electron chi connectivity index (χ3n) is 3.22. The second-order valence-electron chi connectivity index (χ2n) is 4.97. The fourth-order valence-corrected chi connectivity index (χ4v) is 2.07. The normalized spacial score (nSPS) is 12.1. The number of ether oxygens (including phenoxy) is 2. The lowest BCUT2D eigenvalue weighted by atomic mass is 10.2. The number of nitrogens with one attached hydrogen (secondary N) is 1. The first-order valence-electron chi connectivity index (χ1n) is 7.27. The van der Waals surface area contributed by atoms with E-state index in [9.17, 15) is 5.11 Å². The standard InChI is InChI=1S/C17H22N2O3/c1-21-17-5-3-2-4-15(17)12-22-13-16(20)11-19-10-14-6-8-18-9-7-14/h2-9,16,19-20H,10-13H2,1H3/t16-/m0/s1. The Bertz CT molecular complexity index is 549. The number of hydrogen-bond acceptors (Lipinski definition) is 5. The molecule has 2 N–H and O–H groups in total. The summed E-state index contributed by atoms with van der Waals surface area (Å²) in [5, 5.41) is 13.1. The average molecular weight is 302 g/mol.